The summed E-state index contributed by atoms with van der Waals surface area (Å²) < 4.78 is 18.6. The number of hydrogen-bond acceptors (Lipinski definition) is 5. The van der Waals surface area contributed by atoms with Crippen LogP contribution in [0.1, 0.15) is 48.9 Å². The quantitative estimate of drug-likeness (QED) is 0.427. The maximum Gasteiger partial charge on any atom is 0.255 e. The van der Waals surface area contributed by atoms with Crippen molar-refractivity contribution in [3.8, 4) is 28.4 Å². The van der Waals surface area contributed by atoms with E-state index in [1.54, 1.807) is 31.2 Å². The number of carbonyl (C=O) groups excluding carboxylic acids is 1. The van der Waals surface area contributed by atoms with Gasteiger partial charge in [-0.15, -0.1) is 0 Å². The van der Waals surface area contributed by atoms with Crippen LogP contribution in [-0.2, 0) is 4.74 Å². The van der Waals surface area contributed by atoms with Crippen molar-refractivity contribution in [1.29, 1.82) is 0 Å². The van der Waals surface area contributed by atoms with Gasteiger partial charge in [0.05, 0.1) is 31.6 Å². The van der Waals surface area contributed by atoms with Crippen molar-refractivity contribution in [3.05, 3.63) is 60.3 Å². The Morgan fingerprint density at radius 1 is 1.06 bits per heavy atom. The summed E-state index contributed by atoms with van der Waals surface area (Å²) in [4.78, 5) is 13.2. The average molecular weight is 464 g/mol. The Morgan fingerprint density at radius 2 is 1.85 bits per heavy atom. The third-order valence-electron chi connectivity index (χ3n) is 6.16. The number of nitrogens with one attached hydrogen (secondary N) is 1. The van der Waals surface area contributed by atoms with E-state index in [4.69, 9.17) is 19.3 Å². The monoisotopic (exact) mass is 463 g/mol. The van der Waals surface area contributed by atoms with Crippen LogP contribution >= 0.6 is 0 Å². The van der Waals surface area contributed by atoms with Gasteiger partial charge >= 0.3 is 0 Å². The van der Waals surface area contributed by atoms with Gasteiger partial charge in [-0.2, -0.15) is 5.10 Å². The zero-order valence-electron chi connectivity index (χ0n) is 20.0. The average Bonchev–Trinajstić information content (AvgIpc) is 3.34. The number of ether oxygens (including phenoxy) is 3. The van der Waals surface area contributed by atoms with Crippen LogP contribution in [0.15, 0.2) is 54.7 Å². The van der Waals surface area contributed by atoms with Crippen LogP contribution in [0.5, 0.6) is 11.5 Å². The highest BCUT2D eigenvalue weighted by Crippen LogP contribution is 2.34. The van der Waals surface area contributed by atoms with Crippen molar-refractivity contribution < 1.29 is 19.0 Å². The molecule has 1 aliphatic carbocycles. The minimum atomic E-state index is -0.173. The highest BCUT2D eigenvalue weighted by atomic mass is 16.5. The lowest BCUT2D eigenvalue weighted by molar-refractivity contribution is 0.0273. The first-order valence-corrected chi connectivity index (χ1v) is 12.0. The Kier molecular flexibility index (Phi) is 8.20. The van der Waals surface area contributed by atoms with Gasteiger partial charge < -0.3 is 19.5 Å². The smallest absolute Gasteiger partial charge is 0.255 e. The molecule has 2 aromatic carbocycles. The predicted molar refractivity (Wildman–Crippen MR) is 132 cm³/mol. The van der Waals surface area contributed by atoms with E-state index in [9.17, 15) is 4.79 Å². The van der Waals surface area contributed by atoms with Crippen molar-refractivity contribution in [1.82, 2.24) is 15.1 Å². The van der Waals surface area contributed by atoms with Crippen LogP contribution in [0.2, 0.25) is 0 Å². The summed E-state index contributed by atoms with van der Waals surface area (Å²) >= 11 is 0. The minimum Gasteiger partial charge on any atom is -0.497 e. The van der Waals surface area contributed by atoms with E-state index in [1.807, 2.05) is 42.5 Å². The fourth-order valence-corrected chi connectivity index (χ4v) is 4.30. The van der Waals surface area contributed by atoms with Crippen molar-refractivity contribution in [2.45, 2.75) is 44.6 Å². The first kappa shape index (κ1) is 23.8. The Bertz CT molecular complexity index is 1070. The molecular weight excluding hydrogens is 430 g/mol. The first-order valence-electron chi connectivity index (χ1n) is 12.0. The fourth-order valence-electron chi connectivity index (χ4n) is 4.30. The molecule has 1 heterocycles. The lowest BCUT2D eigenvalue weighted by Crippen LogP contribution is -2.26. The molecule has 34 heavy (non-hydrogen) atoms. The fraction of sp³-hybridized carbons (Fsp3) is 0.407. The molecular formula is C27H33N3O4. The van der Waals surface area contributed by atoms with E-state index in [1.165, 1.54) is 19.3 Å². The molecule has 1 N–H and O–H groups in total. The van der Waals surface area contributed by atoms with Crippen LogP contribution in [0, 0.1) is 0 Å². The molecule has 1 aromatic heterocycles. The number of aromatic nitrogens is 2. The number of amides is 1. The topological polar surface area (TPSA) is 74.6 Å². The van der Waals surface area contributed by atoms with Gasteiger partial charge in [-0.05, 0) is 43.5 Å². The Hall–Kier alpha value is -3.32. The minimum absolute atomic E-state index is 0.173. The maximum atomic E-state index is 13.2. The molecule has 0 radical (unpaired) electrons. The third kappa shape index (κ3) is 5.78. The number of rotatable bonds is 10. The van der Waals surface area contributed by atoms with Crippen LogP contribution < -0.4 is 14.8 Å². The third-order valence-corrected chi connectivity index (χ3v) is 6.16. The second kappa shape index (κ2) is 11.7. The molecule has 4 rings (SSSR count). The van der Waals surface area contributed by atoms with Gasteiger partial charge in [-0.3, -0.25) is 4.79 Å². The Labute approximate surface area is 201 Å². The maximum absolute atomic E-state index is 13.2. The summed E-state index contributed by atoms with van der Waals surface area (Å²) in [6.45, 7) is 1.20. The van der Waals surface area contributed by atoms with Gasteiger partial charge in [0.1, 0.15) is 17.2 Å². The van der Waals surface area contributed by atoms with E-state index in [0.29, 0.717) is 42.0 Å². The summed E-state index contributed by atoms with van der Waals surface area (Å²) in [7, 11) is 3.20. The second-order valence-electron chi connectivity index (χ2n) is 8.48. The molecule has 0 aliphatic heterocycles. The van der Waals surface area contributed by atoms with Gasteiger partial charge in [-0.25, -0.2) is 4.68 Å². The number of carbonyl (C=O) groups is 1. The van der Waals surface area contributed by atoms with Gasteiger partial charge in [0.15, 0.2) is 0 Å². The molecule has 1 fully saturated rings. The van der Waals surface area contributed by atoms with Crippen LogP contribution in [0.25, 0.3) is 16.9 Å². The van der Waals surface area contributed by atoms with E-state index < -0.39 is 0 Å². The largest absolute Gasteiger partial charge is 0.497 e. The van der Waals surface area contributed by atoms with Crippen molar-refractivity contribution in [2.24, 2.45) is 0 Å². The predicted octanol–water partition coefficient (Wildman–Crippen LogP) is 5.03. The molecule has 180 valence electrons. The molecule has 7 heteroatoms. The molecule has 1 saturated carbocycles. The van der Waals surface area contributed by atoms with E-state index in [0.717, 1.165) is 30.5 Å². The number of hydrogen-bond donors (Lipinski definition) is 1. The summed E-state index contributed by atoms with van der Waals surface area (Å²) in [5, 5.41) is 7.79. The zero-order valence-corrected chi connectivity index (χ0v) is 20.0. The Morgan fingerprint density at radius 3 is 2.59 bits per heavy atom. The lowest BCUT2D eigenvalue weighted by Gasteiger charge is -2.21. The molecule has 0 unspecified atom stereocenters. The van der Waals surface area contributed by atoms with Gasteiger partial charge in [-0.1, -0.05) is 37.5 Å². The molecule has 0 bridgehead atoms. The molecule has 0 spiro atoms. The number of benzene rings is 2. The highest BCUT2D eigenvalue weighted by molar-refractivity contribution is 6.00. The normalized spacial score (nSPS) is 14.1. The van der Waals surface area contributed by atoms with Crippen LogP contribution in [0.4, 0.5) is 0 Å². The van der Waals surface area contributed by atoms with Gasteiger partial charge in [0.25, 0.3) is 5.91 Å². The SMILES string of the molecule is COc1ccc(-c2nn(-c3ccccc3)cc2C(=O)NCCCOC2CCCCC2)c(OC)c1. The molecule has 3 aromatic rings. The van der Waals surface area contributed by atoms with Crippen LogP contribution in [-0.4, -0.2) is 49.2 Å². The molecule has 1 aliphatic rings. The summed E-state index contributed by atoms with van der Waals surface area (Å²) in [5.41, 5.74) is 2.64. The van der Waals surface area contributed by atoms with E-state index in [2.05, 4.69) is 5.32 Å². The standard InChI is InChI=1S/C27H33N3O4/c1-32-22-14-15-23(25(18-22)33-2)26-24(19-30(29-26)20-10-5-3-6-11-20)27(31)28-16-9-17-34-21-12-7-4-8-13-21/h3,5-6,10-11,14-15,18-19,21H,4,7-9,12-13,16-17H2,1-2H3,(H,28,31). The highest BCUT2D eigenvalue weighted by Gasteiger charge is 2.22. The Balaban J connectivity index is 1.51. The van der Waals surface area contributed by atoms with E-state index >= 15 is 0 Å². The molecule has 1 amide bonds. The van der Waals surface area contributed by atoms with E-state index in [-0.39, 0.29) is 5.91 Å². The number of para-hydroxylation sites is 1. The lowest BCUT2D eigenvalue weighted by atomic mass is 9.98. The number of nitrogens with zero attached hydrogens (tertiary/aromatic N) is 2. The molecule has 0 saturated heterocycles. The van der Waals surface area contributed by atoms with Gasteiger partial charge in [0, 0.05) is 31.0 Å². The van der Waals surface area contributed by atoms with Gasteiger partial charge in [0.2, 0.25) is 0 Å². The summed E-state index contributed by atoms with van der Waals surface area (Å²) in [6.07, 6.45) is 9.04. The second-order valence-corrected chi connectivity index (χ2v) is 8.48. The van der Waals surface area contributed by atoms with Crippen molar-refractivity contribution >= 4 is 5.91 Å². The summed E-state index contributed by atoms with van der Waals surface area (Å²) in [5.74, 6) is 1.09. The summed E-state index contributed by atoms with van der Waals surface area (Å²) in [6, 6.07) is 15.2. The van der Waals surface area contributed by atoms with Crippen molar-refractivity contribution in [2.75, 3.05) is 27.4 Å². The first-order chi connectivity index (χ1) is 16.7. The van der Waals surface area contributed by atoms with Crippen LogP contribution in [0.3, 0.4) is 0 Å². The zero-order chi connectivity index (χ0) is 23.8. The number of methoxy groups -OCH3 is 2. The molecule has 7 nitrogen and oxygen atoms in total. The molecule has 0 atom stereocenters. The van der Waals surface area contributed by atoms with Crippen molar-refractivity contribution in [3.63, 3.8) is 0 Å².